The number of phenols is 2. The number of aryl methyl sites for hydroxylation is 1. The Morgan fingerprint density at radius 2 is 1.16 bits per heavy atom. The Bertz CT molecular complexity index is 2460. The molecule has 0 saturated carbocycles. The zero-order valence-electron chi connectivity index (χ0n) is 38.3. The monoisotopic (exact) mass is 868 g/mol. The molecule has 0 amide bonds. The van der Waals surface area contributed by atoms with Gasteiger partial charge >= 0.3 is 5.97 Å². The minimum atomic E-state index is -1.21. The summed E-state index contributed by atoms with van der Waals surface area (Å²) in [4.78, 5) is 12.8. The number of hydrogen-bond donors (Lipinski definition) is 7. The molecule has 0 saturated heterocycles. The van der Waals surface area contributed by atoms with Crippen LogP contribution in [-0.2, 0) is 24.2 Å². The average molecular weight is 869 g/mol. The third-order valence-electron chi connectivity index (χ3n) is 13.2. The summed E-state index contributed by atoms with van der Waals surface area (Å²) in [5.41, 5.74) is 3.99. The van der Waals surface area contributed by atoms with E-state index in [1.54, 1.807) is 10.8 Å². The van der Waals surface area contributed by atoms with Gasteiger partial charge in [0.05, 0.1) is 23.0 Å². The van der Waals surface area contributed by atoms with Crippen LogP contribution in [0.5, 0.6) is 34.8 Å². The zero-order chi connectivity index (χ0) is 46.0. The predicted molar refractivity (Wildman–Crippen MR) is 247 cm³/mol. The van der Waals surface area contributed by atoms with E-state index >= 15 is 0 Å². The molecule has 0 bridgehead atoms. The first-order chi connectivity index (χ1) is 29.7. The molecule has 2 aliphatic heterocycles. The lowest BCUT2D eigenvalue weighted by atomic mass is 9.84. The lowest BCUT2D eigenvalue weighted by molar-refractivity contribution is -0.141. The quantitative estimate of drug-likeness (QED) is 0.0474. The first-order valence-corrected chi connectivity index (χ1v) is 22.4. The van der Waals surface area contributed by atoms with E-state index in [1.165, 1.54) is 45.2 Å². The highest BCUT2D eigenvalue weighted by Gasteiger charge is 2.43. The van der Waals surface area contributed by atoms with Gasteiger partial charge in [-0.1, -0.05) is 46.6 Å². The minimum Gasteiger partial charge on any atom is -0.508 e. The molecule has 0 fully saturated rings. The number of aromatic nitrogens is 2. The fraction of sp³-hybridized carbons (Fsp3) is 0.510. The molecule has 2 aromatic carbocycles. The summed E-state index contributed by atoms with van der Waals surface area (Å²) >= 11 is 0. The largest absolute Gasteiger partial charge is 0.508 e. The van der Waals surface area contributed by atoms with Crippen molar-refractivity contribution in [3.63, 3.8) is 0 Å². The Morgan fingerprint density at radius 1 is 0.698 bits per heavy atom. The molecule has 4 aromatic rings. The second-order valence-corrected chi connectivity index (χ2v) is 18.9. The van der Waals surface area contributed by atoms with Crippen LogP contribution < -0.4 is 9.47 Å². The van der Waals surface area contributed by atoms with Crippen molar-refractivity contribution in [2.75, 3.05) is 0 Å². The number of nitrogens with zero attached hydrogens (tertiary/aromatic N) is 2. The number of carboxylic acids is 1. The van der Waals surface area contributed by atoms with Crippen molar-refractivity contribution in [2.24, 2.45) is 0 Å². The Hall–Kier alpha value is -5.33. The van der Waals surface area contributed by atoms with E-state index in [0.29, 0.717) is 64.5 Å². The second-order valence-electron chi connectivity index (χ2n) is 18.9. The summed E-state index contributed by atoms with van der Waals surface area (Å²) in [5, 5.41) is 79.5. The number of ether oxygens (including phenoxy) is 2. The van der Waals surface area contributed by atoms with Crippen LogP contribution in [0.15, 0.2) is 71.1 Å². The Balaban J connectivity index is 1.19. The number of carboxylic acid groups (broad SMARTS) is 1. The summed E-state index contributed by atoms with van der Waals surface area (Å²) in [7, 11) is 0. The number of aliphatic carboxylic acids is 1. The number of allylic oxidation sites excluding steroid dienone is 8. The van der Waals surface area contributed by atoms with Gasteiger partial charge in [-0.3, -0.25) is 0 Å². The maximum absolute atomic E-state index is 12.8. The van der Waals surface area contributed by atoms with Crippen molar-refractivity contribution < 1.29 is 50.0 Å². The summed E-state index contributed by atoms with van der Waals surface area (Å²) < 4.78 is 15.9. The molecule has 5 atom stereocenters. The van der Waals surface area contributed by atoms with Crippen molar-refractivity contribution in [1.29, 1.82) is 0 Å². The van der Waals surface area contributed by atoms with Crippen LogP contribution in [0.4, 0.5) is 0 Å². The molecule has 12 heteroatoms. The van der Waals surface area contributed by atoms with Gasteiger partial charge in [-0.05, 0) is 132 Å². The van der Waals surface area contributed by atoms with Crippen molar-refractivity contribution in [3.05, 3.63) is 82.2 Å². The van der Waals surface area contributed by atoms with E-state index in [1.807, 2.05) is 13.8 Å². The smallest absolute Gasteiger partial charge is 0.326 e. The van der Waals surface area contributed by atoms with Crippen LogP contribution in [0.1, 0.15) is 137 Å². The van der Waals surface area contributed by atoms with Crippen LogP contribution in [0.3, 0.4) is 0 Å². The van der Waals surface area contributed by atoms with E-state index in [0.717, 1.165) is 25.7 Å². The van der Waals surface area contributed by atoms with Gasteiger partial charge in [-0.25, -0.2) is 4.79 Å². The number of aliphatic hydroxyl groups excluding tert-OH is 2. The topological polar surface area (TPSA) is 187 Å². The number of aromatic hydroxyl groups is 4. The van der Waals surface area contributed by atoms with Crippen molar-refractivity contribution in [3.8, 4) is 34.8 Å². The van der Waals surface area contributed by atoms with Crippen LogP contribution in [0.2, 0.25) is 0 Å². The van der Waals surface area contributed by atoms with Gasteiger partial charge in [0.25, 0.3) is 0 Å². The van der Waals surface area contributed by atoms with Crippen LogP contribution in [-0.4, -0.2) is 74.3 Å². The second kappa shape index (κ2) is 19.2. The maximum atomic E-state index is 12.8. The Labute approximate surface area is 371 Å². The molecule has 5 unspecified atom stereocenters. The van der Waals surface area contributed by atoms with Gasteiger partial charge in [0.2, 0.25) is 0 Å². The lowest BCUT2D eigenvalue weighted by Crippen LogP contribution is -2.48. The lowest BCUT2D eigenvalue weighted by Gasteiger charge is -2.40. The van der Waals surface area contributed by atoms with Crippen LogP contribution in [0, 0.1) is 0 Å². The van der Waals surface area contributed by atoms with E-state index in [-0.39, 0.29) is 60.9 Å². The number of carbonyl (C=O) groups is 1. The summed E-state index contributed by atoms with van der Waals surface area (Å²) in [6.45, 7) is 16.4. The van der Waals surface area contributed by atoms with Crippen molar-refractivity contribution >= 4 is 27.5 Å². The molecule has 4 heterocycles. The number of phenolic OH excluding ortho intramolecular Hbond substituents is 2. The molecule has 0 aliphatic carbocycles. The van der Waals surface area contributed by atoms with Crippen LogP contribution in [0.25, 0.3) is 21.5 Å². The molecule has 12 nitrogen and oxygen atoms in total. The van der Waals surface area contributed by atoms with Crippen molar-refractivity contribution in [2.45, 2.75) is 168 Å². The highest BCUT2D eigenvalue weighted by atomic mass is 16.5. The summed E-state index contributed by atoms with van der Waals surface area (Å²) in [6, 6.07) is 1.63. The molecular weight excluding hydrogens is 801 g/mol. The van der Waals surface area contributed by atoms with Gasteiger partial charge in [0, 0.05) is 53.7 Å². The first kappa shape index (κ1) is 47.2. The molecule has 0 spiro atoms. The maximum Gasteiger partial charge on any atom is 0.326 e. The number of benzene rings is 2. The number of hydrogen-bond acceptors (Lipinski definition) is 9. The number of aliphatic hydroxyl groups is 2. The fourth-order valence-electron chi connectivity index (χ4n) is 9.06. The third-order valence-corrected chi connectivity index (χ3v) is 13.2. The van der Waals surface area contributed by atoms with E-state index in [2.05, 4.69) is 65.8 Å². The third kappa shape index (κ3) is 10.2. The molecule has 63 heavy (non-hydrogen) atoms. The van der Waals surface area contributed by atoms with Gasteiger partial charge in [-0.15, -0.1) is 0 Å². The molecule has 7 N–H and O–H groups in total. The molecule has 2 aromatic heterocycles. The molecular formula is C51H68N2O10. The number of fused-ring (bicyclic) bond motifs is 6. The highest BCUT2D eigenvalue weighted by Crippen LogP contribution is 2.50. The van der Waals surface area contributed by atoms with Crippen molar-refractivity contribution in [1.82, 2.24) is 9.13 Å². The van der Waals surface area contributed by atoms with E-state index in [4.69, 9.17) is 9.47 Å². The molecule has 6 rings (SSSR count). The SMILES string of the molecule is CC(C)=CCCC(C)=CCCC1(C)Oc2c(c(O)cc3c(O)n(CCCC(C(=O)O)n4cc5c6c(c(O)cc5c4O)CC(O)C(C)(CCC=C(C)CCC=C(C)C)O6)cc23)CC1O. The highest BCUT2D eigenvalue weighted by molar-refractivity contribution is 5.97. The Morgan fingerprint density at radius 3 is 1.62 bits per heavy atom. The predicted octanol–water partition coefficient (Wildman–Crippen LogP) is 10.6. The minimum absolute atomic E-state index is 0.0635. The average Bonchev–Trinajstić information content (AvgIpc) is 3.69. The van der Waals surface area contributed by atoms with Gasteiger partial charge in [0.1, 0.15) is 40.2 Å². The summed E-state index contributed by atoms with van der Waals surface area (Å²) in [6.07, 6.45) is 17.1. The van der Waals surface area contributed by atoms with E-state index in [9.17, 15) is 40.5 Å². The fourth-order valence-corrected chi connectivity index (χ4v) is 9.06. The van der Waals surface area contributed by atoms with E-state index < -0.39 is 35.4 Å². The first-order valence-electron chi connectivity index (χ1n) is 22.4. The van der Waals surface area contributed by atoms with Gasteiger partial charge < -0.3 is 54.4 Å². The number of rotatable bonds is 18. The Kier molecular flexibility index (Phi) is 14.4. The molecule has 2 aliphatic rings. The molecule has 0 radical (unpaired) electrons. The zero-order valence-corrected chi connectivity index (χ0v) is 38.3. The normalized spacial score (nSPS) is 21.7. The molecule has 342 valence electrons. The standard InChI is InChI=1S/C51H68N2O10/c1-30(2)14-9-16-32(5)18-11-21-50(7)43(56)26-36-41(54)24-34-38(45(36)62-50)28-52(47(34)58)23-13-20-40(49(60)61)53-29-39-35(48(53)59)25-42(55)37-27-44(57)51(8,63-46(37)39)22-12-19-33(6)17-10-15-31(3)4/h14-15,18-19,24-25,28-29,40,43-44,54-59H,9-13,16-17,20-23,26-27H2,1-8H3,(H,60,61). The van der Waals surface area contributed by atoms with Gasteiger partial charge in [-0.2, -0.15) is 0 Å². The summed E-state index contributed by atoms with van der Waals surface area (Å²) in [5.74, 6) is -1.17. The van der Waals surface area contributed by atoms with Crippen LogP contribution >= 0.6 is 0 Å². The van der Waals surface area contributed by atoms with Gasteiger partial charge in [0.15, 0.2) is 11.8 Å².